The van der Waals surface area contributed by atoms with E-state index in [-0.39, 0.29) is 28.0 Å². The Hall–Kier alpha value is -2.32. The van der Waals surface area contributed by atoms with Gasteiger partial charge < -0.3 is 10.5 Å². The van der Waals surface area contributed by atoms with Crippen molar-refractivity contribution in [2.45, 2.75) is 4.90 Å². The summed E-state index contributed by atoms with van der Waals surface area (Å²) in [7, 11) is -3.90. The van der Waals surface area contributed by atoms with Gasteiger partial charge in [-0.25, -0.2) is 12.8 Å². The molecule has 3 N–H and O–H groups in total. The zero-order chi connectivity index (χ0) is 17.0. The monoisotopic (exact) mass is 358 g/mol. The standard InChI is InChI=1S/C14H12ClFN2O4S/c15-12-7-11(5-6-13(12)22-8-14(17)19)23(20,21)18-10-3-1-9(16)2-4-10/h1-7,18H,8H2,(H2,17,19). The Morgan fingerprint density at radius 2 is 1.87 bits per heavy atom. The number of anilines is 1. The number of carbonyl (C=O) groups is 1. The van der Waals surface area contributed by atoms with Crippen molar-refractivity contribution >= 4 is 33.2 Å². The number of nitrogens with one attached hydrogen (secondary N) is 1. The Bertz CT molecular complexity index is 825. The van der Waals surface area contributed by atoms with Crippen LogP contribution in [0.2, 0.25) is 5.02 Å². The summed E-state index contributed by atoms with van der Waals surface area (Å²) >= 11 is 5.92. The predicted octanol–water partition coefficient (Wildman–Crippen LogP) is 2.14. The van der Waals surface area contributed by atoms with Crippen LogP contribution in [0.15, 0.2) is 47.4 Å². The lowest BCUT2D eigenvalue weighted by Gasteiger charge is -2.10. The molecule has 0 aliphatic heterocycles. The highest BCUT2D eigenvalue weighted by Crippen LogP contribution is 2.28. The van der Waals surface area contributed by atoms with E-state index in [1.54, 1.807) is 0 Å². The van der Waals surface area contributed by atoms with Crippen LogP contribution < -0.4 is 15.2 Å². The highest BCUT2D eigenvalue weighted by atomic mass is 35.5. The summed E-state index contributed by atoms with van der Waals surface area (Å²) < 4.78 is 44.6. The number of carbonyl (C=O) groups excluding carboxylic acids is 1. The fourth-order valence-electron chi connectivity index (χ4n) is 1.65. The molecular weight excluding hydrogens is 347 g/mol. The first-order valence-electron chi connectivity index (χ1n) is 6.27. The molecule has 0 fully saturated rings. The van der Waals surface area contributed by atoms with E-state index in [4.69, 9.17) is 22.1 Å². The molecule has 0 saturated heterocycles. The molecule has 2 rings (SSSR count). The van der Waals surface area contributed by atoms with Gasteiger partial charge in [-0.05, 0) is 42.5 Å². The highest BCUT2D eigenvalue weighted by molar-refractivity contribution is 7.92. The Morgan fingerprint density at radius 1 is 1.22 bits per heavy atom. The van der Waals surface area contributed by atoms with Crippen LogP contribution in [-0.2, 0) is 14.8 Å². The fourth-order valence-corrected chi connectivity index (χ4v) is 3.03. The van der Waals surface area contributed by atoms with Gasteiger partial charge in [0.25, 0.3) is 15.9 Å². The third-order valence-corrected chi connectivity index (χ3v) is 4.35. The van der Waals surface area contributed by atoms with Crippen LogP contribution in [-0.4, -0.2) is 20.9 Å². The van der Waals surface area contributed by atoms with Gasteiger partial charge in [-0.1, -0.05) is 11.6 Å². The molecule has 6 nitrogen and oxygen atoms in total. The quantitative estimate of drug-likeness (QED) is 0.826. The Labute approximate surface area is 137 Å². The molecular formula is C14H12ClFN2O4S. The number of nitrogens with two attached hydrogens (primary N) is 1. The second kappa shape index (κ2) is 6.84. The molecule has 9 heteroatoms. The molecule has 0 atom stereocenters. The molecule has 0 heterocycles. The van der Waals surface area contributed by atoms with E-state index in [0.717, 1.165) is 12.1 Å². The van der Waals surface area contributed by atoms with Crippen LogP contribution in [0.5, 0.6) is 5.75 Å². The molecule has 0 unspecified atom stereocenters. The van der Waals surface area contributed by atoms with E-state index in [0.29, 0.717) is 0 Å². The minimum Gasteiger partial charge on any atom is -0.482 e. The van der Waals surface area contributed by atoms with Gasteiger partial charge in [0.05, 0.1) is 9.92 Å². The number of sulfonamides is 1. The number of primary amides is 1. The molecule has 2 aromatic carbocycles. The topological polar surface area (TPSA) is 98.5 Å². The van der Waals surface area contributed by atoms with Crippen molar-refractivity contribution in [3.05, 3.63) is 53.3 Å². The van der Waals surface area contributed by atoms with Crippen LogP contribution in [0.25, 0.3) is 0 Å². The average molecular weight is 359 g/mol. The lowest BCUT2D eigenvalue weighted by atomic mass is 10.3. The Morgan fingerprint density at radius 3 is 2.43 bits per heavy atom. The largest absolute Gasteiger partial charge is 0.482 e. The smallest absolute Gasteiger partial charge is 0.261 e. The number of hydrogen-bond donors (Lipinski definition) is 2. The fraction of sp³-hybridized carbons (Fsp3) is 0.0714. The van der Waals surface area contributed by atoms with Crippen molar-refractivity contribution in [2.75, 3.05) is 11.3 Å². The minimum absolute atomic E-state index is 0.00762. The Kier molecular flexibility index (Phi) is 5.07. The highest BCUT2D eigenvalue weighted by Gasteiger charge is 2.16. The molecule has 2 aromatic rings. The summed E-state index contributed by atoms with van der Waals surface area (Å²) in [5.41, 5.74) is 5.15. The molecule has 0 aromatic heterocycles. The summed E-state index contributed by atoms with van der Waals surface area (Å²) in [5.74, 6) is -1.03. The first-order chi connectivity index (χ1) is 10.8. The van der Waals surface area contributed by atoms with Crippen LogP contribution in [0, 0.1) is 5.82 Å². The number of ether oxygens (including phenoxy) is 1. The van der Waals surface area contributed by atoms with Gasteiger partial charge in [-0.2, -0.15) is 0 Å². The Balaban J connectivity index is 2.21. The second-order valence-electron chi connectivity index (χ2n) is 4.46. The van der Waals surface area contributed by atoms with E-state index in [9.17, 15) is 17.6 Å². The average Bonchev–Trinajstić information content (AvgIpc) is 2.48. The van der Waals surface area contributed by atoms with E-state index in [1.807, 2.05) is 0 Å². The summed E-state index contributed by atoms with van der Waals surface area (Å²) in [6.45, 7) is -0.375. The van der Waals surface area contributed by atoms with Crippen LogP contribution >= 0.6 is 11.6 Å². The first kappa shape index (κ1) is 17.0. The predicted molar refractivity (Wildman–Crippen MR) is 83.3 cm³/mol. The molecule has 0 aliphatic carbocycles. The molecule has 0 saturated carbocycles. The summed E-state index contributed by atoms with van der Waals surface area (Å²) in [6, 6.07) is 8.58. The van der Waals surface area contributed by atoms with Gasteiger partial charge in [0.15, 0.2) is 6.61 Å². The van der Waals surface area contributed by atoms with Gasteiger partial charge in [0.1, 0.15) is 11.6 Å². The van der Waals surface area contributed by atoms with Crippen molar-refractivity contribution in [3.8, 4) is 5.75 Å². The van der Waals surface area contributed by atoms with E-state index in [1.165, 1.54) is 30.3 Å². The van der Waals surface area contributed by atoms with Crippen molar-refractivity contribution in [1.82, 2.24) is 0 Å². The number of rotatable bonds is 6. The SMILES string of the molecule is NC(=O)COc1ccc(S(=O)(=O)Nc2ccc(F)cc2)cc1Cl. The van der Waals surface area contributed by atoms with Gasteiger partial charge in [-0.3, -0.25) is 9.52 Å². The molecule has 23 heavy (non-hydrogen) atoms. The van der Waals surface area contributed by atoms with Gasteiger partial charge in [0.2, 0.25) is 0 Å². The maximum Gasteiger partial charge on any atom is 0.261 e. The van der Waals surface area contributed by atoms with Crippen LogP contribution in [0.3, 0.4) is 0 Å². The number of hydrogen-bond acceptors (Lipinski definition) is 4. The molecule has 1 amide bonds. The van der Waals surface area contributed by atoms with Crippen molar-refractivity contribution in [3.63, 3.8) is 0 Å². The summed E-state index contributed by atoms with van der Waals surface area (Å²) in [4.78, 5) is 10.5. The first-order valence-corrected chi connectivity index (χ1v) is 8.13. The van der Waals surface area contributed by atoms with Gasteiger partial charge in [-0.15, -0.1) is 0 Å². The second-order valence-corrected chi connectivity index (χ2v) is 6.55. The number of halogens is 2. The van der Waals surface area contributed by atoms with E-state index < -0.39 is 21.7 Å². The van der Waals surface area contributed by atoms with Crippen molar-refractivity contribution in [1.29, 1.82) is 0 Å². The maximum atomic E-state index is 12.8. The molecule has 0 radical (unpaired) electrons. The lowest BCUT2D eigenvalue weighted by molar-refractivity contribution is -0.119. The summed E-state index contributed by atoms with van der Waals surface area (Å²) in [6.07, 6.45) is 0. The van der Waals surface area contributed by atoms with Gasteiger partial charge in [0, 0.05) is 5.69 Å². The third kappa shape index (κ3) is 4.57. The van der Waals surface area contributed by atoms with Crippen molar-refractivity contribution < 1.29 is 22.3 Å². The normalized spacial score (nSPS) is 11.0. The minimum atomic E-state index is -3.90. The number of amides is 1. The molecule has 0 bridgehead atoms. The third-order valence-electron chi connectivity index (χ3n) is 2.68. The summed E-state index contributed by atoms with van der Waals surface area (Å²) in [5, 5.41) is 0.00762. The van der Waals surface area contributed by atoms with E-state index >= 15 is 0 Å². The molecule has 122 valence electrons. The zero-order valence-corrected chi connectivity index (χ0v) is 13.2. The molecule has 0 spiro atoms. The van der Waals surface area contributed by atoms with Crippen LogP contribution in [0.1, 0.15) is 0 Å². The van der Waals surface area contributed by atoms with Crippen LogP contribution in [0.4, 0.5) is 10.1 Å². The van der Waals surface area contributed by atoms with Gasteiger partial charge >= 0.3 is 0 Å². The van der Waals surface area contributed by atoms with Crippen molar-refractivity contribution in [2.24, 2.45) is 5.73 Å². The zero-order valence-electron chi connectivity index (χ0n) is 11.6. The van der Waals surface area contributed by atoms with E-state index in [2.05, 4.69) is 4.72 Å². The maximum absolute atomic E-state index is 12.8. The number of benzene rings is 2. The molecule has 0 aliphatic rings. The lowest BCUT2D eigenvalue weighted by Crippen LogP contribution is -2.20.